The number of rotatable bonds is 9. The van der Waals surface area contributed by atoms with E-state index in [2.05, 4.69) is 15.4 Å². The van der Waals surface area contributed by atoms with E-state index in [1.807, 2.05) is 91.0 Å². The second kappa shape index (κ2) is 11.7. The first-order valence-electron chi connectivity index (χ1n) is 12.8. The van der Waals surface area contributed by atoms with Crippen LogP contribution in [0.3, 0.4) is 0 Å². The molecule has 0 unspecified atom stereocenters. The number of anilines is 1. The Labute approximate surface area is 232 Å². The van der Waals surface area contributed by atoms with Gasteiger partial charge in [-0.2, -0.15) is 5.10 Å². The van der Waals surface area contributed by atoms with E-state index in [0.717, 1.165) is 22.3 Å². The maximum absolute atomic E-state index is 14.1. The Bertz CT molecular complexity index is 1580. The average molecular weight is 532 g/mol. The highest BCUT2D eigenvalue weighted by atomic mass is 16.5. The van der Waals surface area contributed by atoms with Crippen molar-refractivity contribution >= 4 is 17.5 Å². The third-order valence-corrected chi connectivity index (χ3v) is 6.87. The van der Waals surface area contributed by atoms with Crippen LogP contribution < -0.4 is 15.8 Å². The fourth-order valence-electron chi connectivity index (χ4n) is 4.96. The first-order chi connectivity index (χ1) is 19.5. The normalized spacial score (nSPS) is 11.7. The average Bonchev–Trinajstić information content (AvgIpc) is 3.38. The van der Waals surface area contributed by atoms with Gasteiger partial charge in [0.25, 0.3) is 5.91 Å². The second-order valence-electron chi connectivity index (χ2n) is 9.36. The smallest absolute Gasteiger partial charge is 0.266 e. The number of nitrogens with one attached hydrogen (secondary N) is 1. The van der Waals surface area contributed by atoms with Gasteiger partial charge in [-0.25, -0.2) is 0 Å². The number of benzene rings is 3. The molecule has 0 radical (unpaired) electrons. The number of primary amides is 1. The van der Waals surface area contributed by atoms with E-state index in [4.69, 9.17) is 10.5 Å². The van der Waals surface area contributed by atoms with E-state index >= 15 is 0 Å². The van der Waals surface area contributed by atoms with E-state index < -0.39 is 11.8 Å². The van der Waals surface area contributed by atoms with Gasteiger partial charge < -0.3 is 15.8 Å². The zero-order valence-corrected chi connectivity index (χ0v) is 22.2. The Morgan fingerprint density at radius 3 is 2.08 bits per heavy atom. The molecular formula is C32H29N5O3. The number of aromatic nitrogens is 3. The summed E-state index contributed by atoms with van der Waals surface area (Å²) in [5.74, 6) is -1.35. The molecule has 0 aliphatic rings. The number of hydrogen-bond donors (Lipinski definition) is 2. The van der Waals surface area contributed by atoms with E-state index in [1.54, 1.807) is 32.6 Å². The van der Waals surface area contributed by atoms with Gasteiger partial charge in [-0.15, -0.1) is 0 Å². The van der Waals surface area contributed by atoms with Gasteiger partial charge in [0.05, 0.1) is 24.9 Å². The van der Waals surface area contributed by atoms with Crippen molar-refractivity contribution in [3.05, 3.63) is 132 Å². The predicted octanol–water partition coefficient (Wildman–Crippen LogP) is 5.14. The lowest BCUT2D eigenvalue weighted by molar-refractivity contribution is -0.118. The van der Waals surface area contributed by atoms with Crippen molar-refractivity contribution in [1.82, 2.24) is 14.8 Å². The molecule has 5 rings (SSSR count). The van der Waals surface area contributed by atoms with Crippen LogP contribution in [0.15, 0.2) is 109 Å². The Balaban J connectivity index is 1.55. The number of nitrogens with zero attached hydrogens (tertiary/aromatic N) is 3. The van der Waals surface area contributed by atoms with Gasteiger partial charge in [-0.1, -0.05) is 72.8 Å². The Morgan fingerprint density at radius 1 is 0.900 bits per heavy atom. The molecule has 3 N–H and O–H groups in total. The predicted molar refractivity (Wildman–Crippen MR) is 154 cm³/mol. The topological polar surface area (TPSA) is 112 Å². The summed E-state index contributed by atoms with van der Waals surface area (Å²) in [5.41, 5.74) is 10.6. The molecule has 0 saturated carbocycles. The van der Waals surface area contributed by atoms with Crippen LogP contribution >= 0.6 is 0 Å². The first kappa shape index (κ1) is 26.4. The number of carbonyl (C=O) groups is 2. The molecule has 0 fully saturated rings. The van der Waals surface area contributed by atoms with Crippen LogP contribution in [-0.4, -0.2) is 33.7 Å². The van der Waals surface area contributed by atoms with E-state index in [9.17, 15) is 9.59 Å². The van der Waals surface area contributed by atoms with Crippen molar-refractivity contribution in [3.8, 4) is 16.9 Å². The first-order valence-corrected chi connectivity index (χ1v) is 12.8. The number of methoxy groups -OCH3 is 1. The molecule has 3 aromatic carbocycles. The molecule has 2 heterocycles. The summed E-state index contributed by atoms with van der Waals surface area (Å²) < 4.78 is 6.86. The number of hydrogen-bond acceptors (Lipinski definition) is 5. The molecule has 0 aliphatic heterocycles. The van der Waals surface area contributed by atoms with Crippen molar-refractivity contribution < 1.29 is 14.3 Å². The van der Waals surface area contributed by atoms with E-state index in [1.165, 1.54) is 4.68 Å². The van der Waals surface area contributed by atoms with Crippen molar-refractivity contribution in [1.29, 1.82) is 0 Å². The zero-order chi connectivity index (χ0) is 28.1. The Morgan fingerprint density at radius 2 is 1.52 bits per heavy atom. The summed E-state index contributed by atoms with van der Waals surface area (Å²) in [4.78, 5) is 30.3. The molecule has 40 heavy (non-hydrogen) atoms. The van der Waals surface area contributed by atoms with Gasteiger partial charge >= 0.3 is 0 Å². The molecule has 8 nitrogen and oxygen atoms in total. The summed E-state index contributed by atoms with van der Waals surface area (Å²) in [6.07, 6.45) is 3.37. The molecular weight excluding hydrogens is 502 g/mol. The highest BCUT2D eigenvalue weighted by Crippen LogP contribution is 2.39. The standard InChI is InChI=1S/C32H29N5O3/c1-37-27(31(33)38)19-26(36-37)30(29(22-9-5-3-6-10-22)23-11-7-4-8-12-23)32(39)35-24-15-13-21(14-16-24)25-17-18-34-20-28(25)40-2/h3-20,29-30H,1-2H3,(H2,33,38)(H,35,39)/t30-/m1/s1. The number of carbonyl (C=O) groups excluding carboxylic acids is 2. The van der Waals surface area contributed by atoms with Gasteiger partial charge in [0.1, 0.15) is 11.4 Å². The minimum Gasteiger partial charge on any atom is -0.494 e. The Hall–Kier alpha value is -5.24. The van der Waals surface area contributed by atoms with Gasteiger partial charge in [0, 0.05) is 30.4 Å². The molecule has 0 bridgehead atoms. The summed E-state index contributed by atoms with van der Waals surface area (Å²) >= 11 is 0. The summed E-state index contributed by atoms with van der Waals surface area (Å²) in [6.45, 7) is 0. The molecule has 1 atom stereocenters. The van der Waals surface area contributed by atoms with Crippen molar-refractivity contribution in [2.75, 3.05) is 12.4 Å². The van der Waals surface area contributed by atoms with Crippen molar-refractivity contribution in [3.63, 3.8) is 0 Å². The molecule has 0 spiro atoms. The quantitative estimate of drug-likeness (QED) is 0.273. The Kier molecular flexibility index (Phi) is 7.68. The van der Waals surface area contributed by atoms with E-state index in [-0.39, 0.29) is 17.5 Å². The minimum atomic E-state index is -0.760. The summed E-state index contributed by atoms with van der Waals surface area (Å²) in [5, 5.41) is 7.65. The van der Waals surface area contributed by atoms with Crippen molar-refractivity contribution in [2.24, 2.45) is 12.8 Å². The molecule has 2 aromatic heterocycles. The van der Waals surface area contributed by atoms with E-state index in [0.29, 0.717) is 17.1 Å². The highest BCUT2D eigenvalue weighted by molar-refractivity contribution is 5.98. The molecule has 0 saturated heterocycles. The lowest BCUT2D eigenvalue weighted by Crippen LogP contribution is -2.28. The maximum Gasteiger partial charge on any atom is 0.266 e. The third kappa shape index (κ3) is 5.47. The molecule has 2 amide bonds. The lowest BCUT2D eigenvalue weighted by atomic mass is 9.78. The van der Waals surface area contributed by atoms with Crippen LogP contribution in [0.25, 0.3) is 11.1 Å². The molecule has 200 valence electrons. The van der Waals surface area contributed by atoms with Gasteiger partial charge in [0.15, 0.2) is 0 Å². The van der Waals surface area contributed by atoms with Crippen LogP contribution in [0.5, 0.6) is 5.75 Å². The number of nitrogens with two attached hydrogens (primary N) is 1. The van der Waals surface area contributed by atoms with Crippen LogP contribution in [0.1, 0.15) is 39.1 Å². The largest absolute Gasteiger partial charge is 0.494 e. The fourth-order valence-corrected chi connectivity index (χ4v) is 4.96. The van der Waals surface area contributed by atoms with Crippen LogP contribution in [-0.2, 0) is 11.8 Å². The fraction of sp³-hybridized carbons (Fsp3) is 0.125. The van der Waals surface area contributed by atoms with Crippen LogP contribution in [0, 0.1) is 0 Å². The van der Waals surface area contributed by atoms with Gasteiger partial charge in [-0.3, -0.25) is 19.3 Å². The number of amides is 2. The van der Waals surface area contributed by atoms with Crippen molar-refractivity contribution in [2.45, 2.75) is 11.8 Å². The van der Waals surface area contributed by atoms with Gasteiger partial charge in [-0.05, 0) is 41.0 Å². The third-order valence-electron chi connectivity index (χ3n) is 6.87. The maximum atomic E-state index is 14.1. The zero-order valence-electron chi connectivity index (χ0n) is 22.2. The molecule has 5 aromatic rings. The van der Waals surface area contributed by atoms with Crippen LogP contribution in [0.2, 0.25) is 0 Å². The highest BCUT2D eigenvalue weighted by Gasteiger charge is 2.35. The SMILES string of the molecule is COc1cnccc1-c1ccc(NC(=O)[C@H](c2cc(C(N)=O)n(C)n2)C(c2ccccc2)c2ccccc2)cc1. The number of aryl methyl sites for hydroxylation is 1. The second-order valence-corrected chi connectivity index (χ2v) is 9.36. The lowest BCUT2D eigenvalue weighted by Gasteiger charge is -2.26. The summed E-state index contributed by atoms with van der Waals surface area (Å²) in [7, 11) is 3.25. The minimum absolute atomic E-state index is 0.225. The number of pyridine rings is 1. The molecule has 8 heteroatoms. The summed E-state index contributed by atoms with van der Waals surface area (Å²) in [6, 6.07) is 30.6. The number of ether oxygens (including phenoxy) is 1. The monoisotopic (exact) mass is 531 g/mol. The molecule has 0 aliphatic carbocycles. The van der Waals surface area contributed by atoms with Crippen LogP contribution in [0.4, 0.5) is 5.69 Å². The van der Waals surface area contributed by atoms with Gasteiger partial charge in [0.2, 0.25) is 5.91 Å².